The van der Waals surface area contributed by atoms with E-state index in [4.69, 9.17) is 0 Å². The Labute approximate surface area is 408 Å². The number of carbonyl (C=O) groups excluding carboxylic acids is 1. The van der Waals surface area contributed by atoms with Crippen molar-refractivity contribution in [2.75, 3.05) is 6.61 Å². The monoisotopic (exact) mass is 912 g/mol. The van der Waals surface area contributed by atoms with Crippen LogP contribution in [0.5, 0.6) is 0 Å². The molecule has 0 spiro atoms. The minimum atomic E-state index is -0.869. The van der Waals surface area contributed by atoms with Gasteiger partial charge in [-0.05, 0) is 44.9 Å². The van der Waals surface area contributed by atoms with E-state index < -0.39 is 12.1 Å². The van der Waals surface area contributed by atoms with Crippen LogP contribution >= 0.6 is 0 Å². The first-order valence-electron chi connectivity index (χ1n) is 29.7. The summed E-state index contributed by atoms with van der Waals surface area (Å²) in [5.41, 5.74) is 0. The Bertz CT molecular complexity index is 989. The molecule has 0 saturated heterocycles. The smallest absolute Gasteiger partial charge is 0.220 e. The quantitative estimate of drug-likeness (QED) is 0.0421. The first-order valence-corrected chi connectivity index (χ1v) is 29.7. The molecule has 0 fully saturated rings. The Morgan fingerprint density at radius 3 is 0.892 bits per heavy atom. The number of hydrogen-bond acceptors (Lipinski definition) is 3. The Hall–Kier alpha value is -1.39. The maximum Gasteiger partial charge on any atom is 0.220 e. The largest absolute Gasteiger partial charge is 0.394 e. The fraction of sp³-hybridized carbons (Fsp3) is 0.885. The Morgan fingerprint density at radius 2 is 0.600 bits per heavy atom. The van der Waals surface area contributed by atoms with Gasteiger partial charge >= 0.3 is 0 Å². The fourth-order valence-electron chi connectivity index (χ4n) is 9.33. The van der Waals surface area contributed by atoms with Crippen LogP contribution in [0.4, 0.5) is 0 Å². The molecule has 0 aliphatic heterocycles. The van der Waals surface area contributed by atoms with Gasteiger partial charge in [0.15, 0.2) is 0 Å². The van der Waals surface area contributed by atoms with E-state index in [0.717, 1.165) is 38.5 Å². The van der Waals surface area contributed by atoms with Crippen molar-refractivity contribution in [2.24, 2.45) is 0 Å². The third-order valence-electron chi connectivity index (χ3n) is 13.9. The minimum Gasteiger partial charge on any atom is -0.394 e. The van der Waals surface area contributed by atoms with Gasteiger partial charge in [-0.25, -0.2) is 0 Å². The summed E-state index contributed by atoms with van der Waals surface area (Å²) < 4.78 is 0. The van der Waals surface area contributed by atoms with E-state index in [1.165, 1.54) is 270 Å². The number of carbonyl (C=O) groups is 1. The molecular weight excluding hydrogens is 795 g/mol. The van der Waals surface area contributed by atoms with Crippen LogP contribution in [0.15, 0.2) is 36.5 Å². The Balaban J connectivity index is 3.45. The molecule has 0 aliphatic rings. The number of amides is 1. The second-order valence-corrected chi connectivity index (χ2v) is 20.4. The maximum atomic E-state index is 12.5. The van der Waals surface area contributed by atoms with Crippen molar-refractivity contribution in [3.05, 3.63) is 36.5 Å². The second-order valence-electron chi connectivity index (χ2n) is 20.4. The second kappa shape index (κ2) is 56.9. The van der Waals surface area contributed by atoms with E-state index in [2.05, 4.69) is 43.5 Å². The predicted octanol–water partition coefficient (Wildman–Crippen LogP) is 19.6. The SMILES string of the molecule is CCCCCCCCCCC/C=C/CC/C=C/CC/C=C/C(O)C(CO)NC(=O)CCCCCCCCCCCCCCCCCCCCCCCCCCCCCCCCCCCC. The van der Waals surface area contributed by atoms with Gasteiger partial charge in [0.25, 0.3) is 0 Å². The lowest BCUT2D eigenvalue weighted by atomic mass is 10.0. The summed E-state index contributed by atoms with van der Waals surface area (Å²) in [6.45, 7) is 4.32. The Morgan fingerprint density at radius 1 is 0.354 bits per heavy atom. The van der Waals surface area contributed by atoms with Crippen molar-refractivity contribution in [3.63, 3.8) is 0 Å². The average molecular weight is 913 g/mol. The molecule has 65 heavy (non-hydrogen) atoms. The third kappa shape index (κ3) is 53.4. The van der Waals surface area contributed by atoms with Crippen molar-refractivity contribution in [2.45, 2.75) is 341 Å². The standard InChI is InChI=1S/C61H117NO3/c1-3-5-7-9-11-13-15-17-19-21-23-24-25-26-27-28-29-30-31-32-33-34-35-36-37-39-41-43-45-47-49-51-53-55-57-61(65)62-59(58-63)60(64)56-54-52-50-48-46-44-42-40-38-22-20-18-16-14-12-10-8-6-4-2/h38,40,46,48,54,56,59-60,63-64H,3-37,39,41-45,47,49-53,55,57-58H2,1-2H3,(H,62,65)/b40-38+,48-46+,56-54+. The van der Waals surface area contributed by atoms with Gasteiger partial charge in [0, 0.05) is 6.42 Å². The van der Waals surface area contributed by atoms with Crippen LogP contribution in [0, 0.1) is 0 Å². The Kier molecular flexibility index (Phi) is 55.7. The van der Waals surface area contributed by atoms with Gasteiger partial charge in [-0.3, -0.25) is 4.79 Å². The topological polar surface area (TPSA) is 69.6 Å². The molecule has 4 heteroatoms. The molecule has 0 aliphatic carbocycles. The van der Waals surface area contributed by atoms with Gasteiger partial charge < -0.3 is 15.5 Å². The molecule has 4 nitrogen and oxygen atoms in total. The number of allylic oxidation sites excluding steroid dienone is 5. The zero-order valence-electron chi connectivity index (χ0n) is 44.3. The maximum absolute atomic E-state index is 12.5. The van der Waals surface area contributed by atoms with Crippen LogP contribution < -0.4 is 5.32 Å². The summed E-state index contributed by atoms with van der Waals surface area (Å²) in [7, 11) is 0. The number of nitrogens with one attached hydrogen (secondary N) is 1. The molecule has 2 atom stereocenters. The van der Waals surface area contributed by atoms with E-state index >= 15 is 0 Å². The van der Waals surface area contributed by atoms with Gasteiger partial charge in [0.2, 0.25) is 5.91 Å². The number of unbranched alkanes of at least 4 members (excludes halogenated alkanes) is 44. The minimum absolute atomic E-state index is 0.0717. The lowest BCUT2D eigenvalue weighted by Gasteiger charge is -2.19. The van der Waals surface area contributed by atoms with Gasteiger partial charge in [-0.1, -0.05) is 314 Å². The van der Waals surface area contributed by atoms with Gasteiger partial charge in [0.05, 0.1) is 18.8 Å². The molecule has 3 N–H and O–H groups in total. The van der Waals surface area contributed by atoms with Crippen LogP contribution in [-0.2, 0) is 4.79 Å². The first kappa shape index (κ1) is 63.6. The van der Waals surface area contributed by atoms with E-state index in [0.29, 0.717) is 6.42 Å². The highest BCUT2D eigenvalue weighted by Gasteiger charge is 2.18. The summed E-state index contributed by atoms with van der Waals surface area (Å²) >= 11 is 0. The molecule has 384 valence electrons. The molecule has 0 aromatic carbocycles. The summed E-state index contributed by atoms with van der Waals surface area (Å²) in [4.78, 5) is 12.5. The summed E-state index contributed by atoms with van der Waals surface area (Å²) in [6, 6.07) is -0.644. The van der Waals surface area contributed by atoms with Gasteiger partial charge in [-0.2, -0.15) is 0 Å². The van der Waals surface area contributed by atoms with E-state index in [9.17, 15) is 15.0 Å². The predicted molar refractivity (Wildman–Crippen MR) is 290 cm³/mol. The molecule has 2 unspecified atom stereocenters. The molecule has 0 aromatic heterocycles. The van der Waals surface area contributed by atoms with Crippen LogP contribution in [0.3, 0.4) is 0 Å². The normalized spacial score (nSPS) is 13.0. The van der Waals surface area contributed by atoms with Crippen molar-refractivity contribution < 1.29 is 15.0 Å². The fourth-order valence-corrected chi connectivity index (χ4v) is 9.33. The number of rotatable bonds is 55. The van der Waals surface area contributed by atoms with Crippen molar-refractivity contribution in [1.82, 2.24) is 5.32 Å². The van der Waals surface area contributed by atoms with Crippen LogP contribution in [0.1, 0.15) is 328 Å². The number of aliphatic hydroxyl groups is 2. The van der Waals surface area contributed by atoms with Crippen molar-refractivity contribution in [3.8, 4) is 0 Å². The molecule has 0 aromatic rings. The van der Waals surface area contributed by atoms with Crippen molar-refractivity contribution in [1.29, 1.82) is 0 Å². The van der Waals surface area contributed by atoms with E-state index in [1.807, 2.05) is 6.08 Å². The first-order chi connectivity index (χ1) is 32.2. The number of hydrogen-bond donors (Lipinski definition) is 3. The summed E-state index contributed by atoms with van der Waals surface area (Å²) in [5.74, 6) is -0.0717. The highest BCUT2D eigenvalue weighted by Crippen LogP contribution is 2.18. The summed E-state index contributed by atoms with van der Waals surface area (Å²) in [6.07, 6.45) is 77.6. The highest BCUT2D eigenvalue weighted by atomic mass is 16.3. The molecule has 0 radical (unpaired) electrons. The lowest BCUT2D eigenvalue weighted by molar-refractivity contribution is -0.123. The molecule has 0 bridgehead atoms. The highest BCUT2D eigenvalue weighted by molar-refractivity contribution is 5.76. The third-order valence-corrected chi connectivity index (χ3v) is 13.9. The van der Waals surface area contributed by atoms with E-state index in [1.54, 1.807) is 6.08 Å². The zero-order chi connectivity index (χ0) is 47.0. The van der Waals surface area contributed by atoms with Crippen LogP contribution in [0.2, 0.25) is 0 Å². The molecular formula is C61H117NO3. The molecule has 1 amide bonds. The van der Waals surface area contributed by atoms with Crippen molar-refractivity contribution >= 4 is 5.91 Å². The molecule has 0 heterocycles. The lowest BCUT2D eigenvalue weighted by Crippen LogP contribution is -2.45. The van der Waals surface area contributed by atoms with Crippen LogP contribution in [-0.4, -0.2) is 34.9 Å². The zero-order valence-corrected chi connectivity index (χ0v) is 44.3. The van der Waals surface area contributed by atoms with Crippen LogP contribution in [0.25, 0.3) is 0 Å². The van der Waals surface area contributed by atoms with E-state index in [-0.39, 0.29) is 12.5 Å². The molecule has 0 rings (SSSR count). The molecule has 0 saturated carbocycles. The summed E-state index contributed by atoms with van der Waals surface area (Å²) in [5, 5.41) is 23.1. The average Bonchev–Trinajstić information content (AvgIpc) is 3.31. The van der Waals surface area contributed by atoms with Gasteiger partial charge in [-0.15, -0.1) is 0 Å². The van der Waals surface area contributed by atoms with Gasteiger partial charge in [0.1, 0.15) is 0 Å². The number of aliphatic hydroxyl groups excluding tert-OH is 2.